The summed E-state index contributed by atoms with van der Waals surface area (Å²) in [6.07, 6.45) is 2.29. The van der Waals surface area contributed by atoms with Gasteiger partial charge in [0.15, 0.2) is 0 Å². The Morgan fingerprint density at radius 1 is 0.969 bits per heavy atom. The van der Waals surface area contributed by atoms with Crippen molar-refractivity contribution in [2.45, 2.75) is 31.2 Å². The van der Waals surface area contributed by atoms with Gasteiger partial charge in [-0.1, -0.05) is 24.3 Å². The van der Waals surface area contributed by atoms with Gasteiger partial charge in [0.2, 0.25) is 0 Å². The van der Waals surface area contributed by atoms with Crippen LogP contribution in [0.3, 0.4) is 0 Å². The number of amides is 2. The molecule has 2 amide bonds. The Labute approximate surface area is 188 Å². The van der Waals surface area contributed by atoms with Crippen molar-refractivity contribution in [3.05, 3.63) is 71.3 Å². The van der Waals surface area contributed by atoms with Crippen LogP contribution >= 0.6 is 0 Å². The van der Waals surface area contributed by atoms with Crippen LogP contribution in [0.1, 0.15) is 29.9 Å². The molecule has 0 spiro atoms. The number of hydrogen-bond acceptors (Lipinski definition) is 3. The summed E-state index contributed by atoms with van der Waals surface area (Å²) in [7, 11) is 0. The molecule has 2 aliphatic heterocycles. The maximum atomic E-state index is 13.4. The van der Waals surface area contributed by atoms with Gasteiger partial charge in [0.05, 0.1) is 13.2 Å². The van der Waals surface area contributed by atoms with Crippen molar-refractivity contribution in [1.82, 2.24) is 15.1 Å². The van der Waals surface area contributed by atoms with Gasteiger partial charge in [-0.05, 0) is 60.6 Å². The number of hydrogen-bond donors (Lipinski definition) is 1. The molecule has 5 nitrogen and oxygen atoms in total. The topological polar surface area (TPSA) is 44.8 Å². The molecule has 1 N–H and O–H groups in total. The molecule has 2 fully saturated rings. The number of benzene rings is 2. The highest BCUT2D eigenvalue weighted by atomic mass is 19.1. The third-order valence-electron chi connectivity index (χ3n) is 6.51. The Morgan fingerprint density at radius 3 is 2.31 bits per heavy atom. The van der Waals surface area contributed by atoms with Gasteiger partial charge in [-0.2, -0.15) is 0 Å². The van der Waals surface area contributed by atoms with Crippen molar-refractivity contribution < 1.29 is 18.3 Å². The van der Waals surface area contributed by atoms with Gasteiger partial charge in [-0.25, -0.2) is 13.6 Å². The minimum atomic E-state index is -0.265. The first-order valence-corrected chi connectivity index (χ1v) is 11.4. The second kappa shape index (κ2) is 10.9. The van der Waals surface area contributed by atoms with Gasteiger partial charge in [0, 0.05) is 38.8 Å². The Balaban J connectivity index is 1.40. The van der Waals surface area contributed by atoms with Crippen LogP contribution in [0.25, 0.3) is 0 Å². The van der Waals surface area contributed by atoms with Crippen molar-refractivity contribution in [3.63, 3.8) is 0 Å². The van der Waals surface area contributed by atoms with E-state index in [0.717, 1.165) is 56.8 Å². The lowest BCUT2D eigenvalue weighted by atomic mass is 9.83. The fraction of sp³-hybridized carbons (Fsp3) is 0.480. The lowest BCUT2D eigenvalue weighted by Gasteiger charge is -2.40. The van der Waals surface area contributed by atoms with E-state index < -0.39 is 0 Å². The molecule has 172 valence electrons. The lowest BCUT2D eigenvalue weighted by Crippen LogP contribution is -2.52. The number of nitrogens with one attached hydrogen (secondary N) is 1. The smallest absolute Gasteiger partial charge is 0.317 e. The first-order valence-electron chi connectivity index (χ1n) is 11.4. The predicted molar refractivity (Wildman–Crippen MR) is 120 cm³/mol. The van der Waals surface area contributed by atoms with Crippen molar-refractivity contribution in [1.29, 1.82) is 0 Å². The van der Waals surface area contributed by atoms with Crippen LogP contribution in [0.5, 0.6) is 0 Å². The Kier molecular flexibility index (Phi) is 7.71. The quantitative estimate of drug-likeness (QED) is 0.739. The van der Waals surface area contributed by atoms with E-state index in [9.17, 15) is 13.6 Å². The van der Waals surface area contributed by atoms with E-state index >= 15 is 0 Å². The summed E-state index contributed by atoms with van der Waals surface area (Å²) in [6, 6.07) is 13.1. The zero-order valence-electron chi connectivity index (χ0n) is 18.3. The average molecular weight is 444 g/mol. The number of carbonyl (C=O) groups is 1. The van der Waals surface area contributed by atoms with Crippen LogP contribution in [0.4, 0.5) is 13.6 Å². The van der Waals surface area contributed by atoms with Crippen molar-refractivity contribution >= 4 is 6.03 Å². The van der Waals surface area contributed by atoms with Gasteiger partial charge in [0.1, 0.15) is 11.6 Å². The summed E-state index contributed by atoms with van der Waals surface area (Å²) in [5.41, 5.74) is 2.10. The predicted octanol–water partition coefficient (Wildman–Crippen LogP) is 3.80. The summed E-state index contributed by atoms with van der Waals surface area (Å²) >= 11 is 0. The second-order valence-corrected chi connectivity index (χ2v) is 8.64. The van der Waals surface area contributed by atoms with Crippen LogP contribution in [0.15, 0.2) is 48.5 Å². The summed E-state index contributed by atoms with van der Waals surface area (Å²) in [4.78, 5) is 17.3. The van der Waals surface area contributed by atoms with Crippen LogP contribution in [-0.2, 0) is 11.2 Å². The highest BCUT2D eigenvalue weighted by molar-refractivity contribution is 5.74. The van der Waals surface area contributed by atoms with Crippen LogP contribution in [-0.4, -0.2) is 67.8 Å². The van der Waals surface area contributed by atoms with Crippen molar-refractivity contribution in [3.8, 4) is 0 Å². The van der Waals surface area contributed by atoms with E-state index in [0.29, 0.717) is 19.5 Å². The second-order valence-electron chi connectivity index (χ2n) is 8.64. The number of likely N-dealkylation sites (tertiary alicyclic amines) is 1. The normalized spacial score (nSPS) is 22.0. The van der Waals surface area contributed by atoms with E-state index in [1.54, 1.807) is 12.1 Å². The van der Waals surface area contributed by atoms with Gasteiger partial charge in [-0.15, -0.1) is 0 Å². The van der Waals surface area contributed by atoms with E-state index in [2.05, 4.69) is 10.2 Å². The molecule has 0 aliphatic carbocycles. The third kappa shape index (κ3) is 6.04. The maximum Gasteiger partial charge on any atom is 0.317 e. The van der Waals surface area contributed by atoms with Crippen LogP contribution < -0.4 is 5.32 Å². The van der Waals surface area contributed by atoms with E-state index in [1.807, 2.05) is 17.0 Å². The molecule has 0 aromatic heterocycles. The third-order valence-corrected chi connectivity index (χ3v) is 6.51. The standard InChI is InChI=1S/C25H31F2N3O2/c26-22-5-1-19(2-6-22)17-24-18-21(20-3-7-23(27)8-4-20)9-11-30(24)25(31)28-10-12-29-13-15-32-16-14-29/h1-8,21,24H,9-18H2,(H,28,31). The molecule has 0 saturated carbocycles. The minimum Gasteiger partial charge on any atom is -0.379 e. The molecule has 7 heteroatoms. The van der Waals surface area contributed by atoms with E-state index in [-0.39, 0.29) is 29.6 Å². The molecule has 2 atom stereocenters. The van der Waals surface area contributed by atoms with Gasteiger partial charge in [0.25, 0.3) is 0 Å². The molecular formula is C25H31F2N3O2. The molecule has 2 heterocycles. The number of rotatable bonds is 6. The van der Waals surface area contributed by atoms with Crippen molar-refractivity contribution in [2.75, 3.05) is 45.9 Å². The molecule has 0 bridgehead atoms. The fourth-order valence-electron chi connectivity index (χ4n) is 4.69. The fourth-order valence-corrected chi connectivity index (χ4v) is 4.69. The first-order chi connectivity index (χ1) is 15.6. The highest BCUT2D eigenvalue weighted by Crippen LogP contribution is 2.33. The van der Waals surface area contributed by atoms with E-state index in [1.165, 1.54) is 24.3 Å². The summed E-state index contributed by atoms with van der Waals surface area (Å²) < 4.78 is 32.1. The zero-order chi connectivity index (χ0) is 22.3. The number of nitrogens with zero attached hydrogens (tertiary/aromatic N) is 2. The SMILES string of the molecule is O=C(NCCN1CCOCC1)N1CCC(c2ccc(F)cc2)CC1Cc1ccc(F)cc1. The molecule has 2 aromatic carbocycles. The summed E-state index contributed by atoms with van der Waals surface area (Å²) in [5.74, 6) is -0.244. The van der Waals surface area contributed by atoms with Gasteiger partial charge in [-0.3, -0.25) is 4.90 Å². The van der Waals surface area contributed by atoms with E-state index in [4.69, 9.17) is 4.74 Å². The first kappa shape index (κ1) is 22.7. The number of ether oxygens (including phenoxy) is 1. The zero-order valence-corrected chi connectivity index (χ0v) is 18.3. The largest absolute Gasteiger partial charge is 0.379 e. The minimum absolute atomic E-state index is 0.00680. The molecule has 2 aliphatic rings. The number of morpholine rings is 1. The monoisotopic (exact) mass is 443 g/mol. The molecular weight excluding hydrogens is 412 g/mol. The molecule has 0 radical (unpaired) electrons. The molecule has 2 saturated heterocycles. The lowest BCUT2D eigenvalue weighted by molar-refractivity contribution is 0.0384. The van der Waals surface area contributed by atoms with Crippen molar-refractivity contribution in [2.24, 2.45) is 0 Å². The van der Waals surface area contributed by atoms with Crippen LogP contribution in [0.2, 0.25) is 0 Å². The van der Waals surface area contributed by atoms with Gasteiger partial charge < -0.3 is 15.0 Å². The maximum absolute atomic E-state index is 13.4. The number of halogens is 2. The highest BCUT2D eigenvalue weighted by Gasteiger charge is 2.32. The molecule has 4 rings (SSSR count). The molecule has 2 unspecified atom stereocenters. The Bertz CT molecular complexity index is 870. The number of urea groups is 1. The number of carbonyl (C=O) groups excluding carboxylic acids is 1. The average Bonchev–Trinajstić information content (AvgIpc) is 2.82. The van der Waals surface area contributed by atoms with Gasteiger partial charge >= 0.3 is 6.03 Å². The summed E-state index contributed by atoms with van der Waals surface area (Å²) in [6.45, 7) is 5.31. The molecule has 32 heavy (non-hydrogen) atoms. The van der Waals surface area contributed by atoms with Crippen LogP contribution in [0, 0.1) is 11.6 Å². The Morgan fingerprint density at radius 2 is 1.62 bits per heavy atom. The molecule has 2 aromatic rings. The number of piperidine rings is 1. The summed E-state index contributed by atoms with van der Waals surface area (Å²) in [5, 5.41) is 3.08. The Hall–Kier alpha value is -2.51.